The Morgan fingerprint density at radius 1 is 1.45 bits per heavy atom. The Labute approximate surface area is 125 Å². The maximum absolute atomic E-state index is 11.6. The number of ether oxygens (including phenoxy) is 1. The maximum Gasteiger partial charge on any atom is 0.413 e. The first-order chi connectivity index (χ1) is 9.40. The van der Waals surface area contributed by atoms with Crippen molar-refractivity contribution in [3.8, 4) is 0 Å². The molecule has 0 atom stereocenters. The lowest BCUT2D eigenvalue weighted by Crippen LogP contribution is -2.27. The Balaban J connectivity index is 2.41. The molecule has 0 unspecified atom stereocenters. The van der Waals surface area contributed by atoms with Crippen molar-refractivity contribution in [1.29, 1.82) is 0 Å². The molecule has 0 radical (unpaired) electrons. The smallest absolute Gasteiger partial charge is 0.413 e. The van der Waals surface area contributed by atoms with Crippen LogP contribution in [0, 0.1) is 0 Å². The maximum atomic E-state index is 11.6. The Hall–Kier alpha value is -1.36. The number of thiazole rings is 1. The fourth-order valence-electron chi connectivity index (χ4n) is 1.53. The highest BCUT2D eigenvalue weighted by Gasteiger charge is 2.16. The van der Waals surface area contributed by atoms with Gasteiger partial charge in [0.25, 0.3) is 0 Å². The van der Waals surface area contributed by atoms with E-state index in [2.05, 4.69) is 23.3 Å². The van der Waals surface area contributed by atoms with E-state index in [-0.39, 0.29) is 0 Å². The van der Waals surface area contributed by atoms with Crippen LogP contribution in [0.4, 0.5) is 9.93 Å². The highest BCUT2D eigenvalue weighted by molar-refractivity contribution is 7.14. The predicted molar refractivity (Wildman–Crippen MR) is 85.1 cm³/mol. The van der Waals surface area contributed by atoms with Gasteiger partial charge in [-0.05, 0) is 39.7 Å². The average Bonchev–Trinajstić information content (AvgIpc) is 2.74. The molecule has 1 aromatic heterocycles. The van der Waals surface area contributed by atoms with Crippen molar-refractivity contribution in [2.75, 3.05) is 5.32 Å². The fourth-order valence-corrected chi connectivity index (χ4v) is 2.19. The zero-order valence-electron chi connectivity index (χ0n) is 12.7. The van der Waals surface area contributed by atoms with Gasteiger partial charge in [0.05, 0.1) is 5.69 Å². The number of hydrogen-bond donors (Lipinski definition) is 1. The topological polar surface area (TPSA) is 51.2 Å². The molecule has 20 heavy (non-hydrogen) atoms. The summed E-state index contributed by atoms with van der Waals surface area (Å²) in [5, 5.41) is 5.12. The molecular weight excluding hydrogens is 272 g/mol. The Morgan fingerprint density at radius 3 is 2.85 bits per heavy atom. The van der Waals surface area contributed by atoms with E-state index in [1.54, 1.807) is 0 Å². The number of hydrogen-bond acceptors (Lipinski definition) is 4. The van der Waals surface area contributed by atoms with Gasteiger partial charge >= 0.3 is 6.09 Å². The number of unbranched alkanes of at least 4 members (excludes halogenated alkanes) is 3. The van der Waals surface area contributed by atoms with Gasteiger partial charge in [-0.3, -0.25) is 5.32 Å². The monoisotopic (exact) mass is 296 g/mol. The molecule has 0 saturated carbocycles. The second-order valence-corrected chi connectivity index (χ2v) is 6.46. The quantitative estimate of drug-likeness (QED) is 0.744. The lowest BCUT2D eigenvalue weighted by atomic mass is 10.2. The van der Waals surface area contributed by atoms with Crippen LogP contribution in [0.25, 0.3) is 6.08 Å². The van der Waals surface area contributed by atoms with E-state index in [0.29, 0.717) is 5.13 Å². The molecule has 0 aromatic carbocycles. The van der Waals surface area contributed by atoms with Crippen molar-refractivity contribution in [3.63, 3.8) is 0 Å². The number of aromatic nitrogens is 1. The average molecular weight is 296 g/mol. The largest absolute Gasteiger partial charge is 0.444 e. The minimum absolute atomic E-state index is 0.467. The summed E-state index contributed by atoms with van der Waals surface area (Å²) in [7, 11) is 0. The SMILES string of the molecule is CCCCC/C=C\c1csc(NC(=O)OC(C)(C)C)n1. The lowest BCUT2D eigenvalue weighted by Gasteiger charge is -2.18. The lowest BCUT2D eigenvalue weighted by molar-refractivity contribution is 0.0636. The number of nitrogens with one attached hydrogen (secondary N) is 1. The third-order valence-corrected chi connectivity index (χ3v) is 3.17. The number of carbonyl (C=O) groups is 1. The number of rotatable bonds is 6. The van der Waals surface area contributed by atoms with Gasteiger partial charge in [-0.15, -0.1) is 11.3 Å². The van der Waals surface area contributed by atoms with Gasteiger partial charge in [-0.1, -0.05) is 25.8 Å². The van der Waals surface area contributed by atoms with Crippen LogP contribution in [0.3, 0.4) is 0 Å². The summed E-state index contributed by atoms with van der Waals surface area (Å²) in [5.41, 5.74) is 0.376. The first-order valence-corrected chi connectivity index (χ1v) is 7.91. The predicted octanol–water partition coefficient (Wildman–Crippen LogP) is 5.08. The van der Waals surface area contributed by atoms with E-state index < -0.39 is 11.7 Å². The van der Waals surface area contributed by atoms with Crippen LogP contribution in [0.5, 0.6) is 0 Å². The minimum Gasteiger partial charge on any atom is -0.444 e. The summed E-state index contributed by atoms with van der Waals surface area (Å²) < 4.78 is 5.17. The molecule has 4 nitrogen and oxygen atoms in total. The van der Waals surface area contributed by atoms with Gasteiger partial charge in [0, 0.05) is 5.38 Å². The molecule has 0 fully saturated rings. The van der Waals surface area contributed by atoms with Crippen molar-refractivity contribution >= 4 is 28.6 Å². The molecule has 1 rings (SSSR count). The van der Waals surface area contributed by atoms with Crippen molar-refractivity contribution in [1.82, 2.24) is 4.98 Å². The number of amides is 1. The van der Waals surface area contributed by atoms with E-state index in [1.807, 2.05) is 32.2 Å². The zero-order chi connectivity index (χ0) is 15.0. The fraction of sp³-hybridized carbons (Fsp3) is 0.600. The summed E-state index contributed by atoms with van der Waals surface area (Å²) >= 11 is 1.40. The molecule has 1 heterocycles. The van der Waals surface area contributed by atoms with E-state index in [1.165, 1.54) is 30.6 Å². The second-order valence-electron chi connectivity index (χ2n) is 5.60. The second kappa shape index (κ2) is 8.04. The van der Waals surface area contributed by atoms with Crippen LogP contribution in [-0.4, -0.2) is 16.7 Å². The van der Waals surface area contributed by atoms with Crippen molar-refractivity contribution in [2.24, 2.45) is 0 Å². The number of allylic oxidation sites excluding steroid dienone is 1. The molecule has 5 heteroatoms. The third kappa shape index (κ3) is 7.28. The summed E-state index contributed by atoms with van der Waals surface area (Å²) in [6.07, 6.45) is 8.42. The Kier molecular flexibility index (Phi) is 6.71. The van der Waals surface area contributed by atoms with Crippen LogP contribution >= 0.6 is 11.3 Å². The summed E-state index contributed by atoms with van der Waals surface area (Å²) in [4.78, 5) is 15.9. The summed E-state index contributed by atoms with van der Waals surface area (Å²) in [5.74, 6) is 0. The number of anilines is 1. The van der Waals surface area contributed by atoms with Gasteiger partial charge in [0.1, 0.15) is 5.60 Å². The Morgan fingerprint density at radius 2 is 2.20 bits per heavy atom. The minimum atomic E-state index is -0.497. The molecule has 112 valence electrons. The van der Waals surface area contributed by atoms with Crippen LogP contribution < -0.4 is 5.32 Å². The van der Waals surface area contributed by atoms with E-state index in [9.17, 15) is 4.79 Å². The molecule has 1 N–H and O–H groups in total. The molecule has 1 aromatic rings. The summed E-state index contributed by atoms with van der Waals surface area (Å²) in [6, 6.07) is 0. The van der Waals surface area contributed by atoms with E-state index >= 15 is 0 Å². The van der Waals surface area contributed by atoms with Gasteiger partial charge in [-0.2, -0.15) is 0 Å². The Bertz CT molecular complexity index is 447. The highest BCUT2D eigenvalue weighted by Crippen LogP contribution is 2.18. The van der Waals surface area contributed by atoms with Gasteiger partial charge < -0.3 is 4.74 Å². The van der Waals surface area contributed by atoms with Crippen LogP contribution in [0.15, 0.2) is 11.5 Å². The molecule has 0 aliphatic heterocycles. The zero-order valence-corrected chi connectivity index (χ0v) is 13.5. The van der Waals surface area contributed by atoms with Crippen molar-refractivity contribution in [2.45, 2.75) is 59.0 Å². The van der Waals surface area contributed by atoms with Gasteiger partial charge in [0.2, 0.25) is 0 Å². The van der Waals surface area contributed by atoms with Crippen molar-refractivity contribution in [3.05, 3.63) is 17.2 Å². The summed E-state index contributed by atoms with van der Waals surface area (Å²) in [6.45, 7) is 7.69. The van der Waals surface area contributed by atoms with Gasteiger partial charge in [-0.25, -0.2) is 9.78 Å². The molecule has 0 aliphatic carbocycles. The standard InChI is InChI=1S/C15H24N2O2S/c1-5-6-7-8-9-10-12-11-20-13(16-12)17-14(18)19-15(2,3)4/h9-11H,5-8H2,1-4H3,(H,16,17,18)/b10-9-. The van der Waals surface area contributed by atoms with Crippen LogP contribution in [0.1, 0.15) is 59.1 Å². The molecule has 0 spiro atoms. The van der Waals surface area contributed by atoms with Crippen LogP contribution in [-0.2, 0) is 4.74 Å². The molecular formula is C15H24N2O2S. The third-order valence-electron chi connectivity index (χ3n) is 2.39. The first-order valence-electron chi connectivity index (χ1n) is 7.03. The molecule has 1 amide bonds. The first kappa shape index (κ1) is 16.7. The highest BCUT2D eigenvalue weighted by atomic mass is 32.1. The number of nitrogens with zero attached hydrogens (tertiary/aromatic N) is 1. The van der Waals surface area contributed by atoms with Gasteiger partial charge in [0.15, 0.2) is 5.13 Å². The molecule has 0 aliphatic rings. The van der Waals surface area contributed by atoms with Crippen LogP contribution in [0.2, 0.25) is 0 Å². The number of carbonyl (C=O) groups excluding carboxylic acids is 1. The molecule has 0 saturated heterocycles. The van der Waals surface area contributed by atoms with E-state index in [4.69, 9.17) is 4.74 Å². The normalized spacial score (nSPS) is 11.8. The molecule has 0 bridgehead atoms. The van der Waals surface area contributed by atoms with E-state index in [0.717, 1.165) is 12.1 Å². The van der Waals surface area contributed by atoms with Crippen molar-refractivity contribution < 1.29 is 9.53 Å².